The molecule has 0 bridgehead atoms. The average Bonchev–Trinajstić information content (AvgIpc) is 3.22. The van der Waals surface area contributed by atoms with Crippen molar-refractivity contribution < 1.29 is 18.7 Å². The Hall–Kier alpha value is -2.90. The second kappa shape index (κ2) is 8.85. The summed E-state index contributed by atoms with van der Waals surface area (Å²) in [5.41, 5.74) is 2.35. The van der Waals surface area contributed by atoms with Crippen LogP contribution < -0.4 is 0 Å². The van der Waals surface area contributed by atoms with Crippen molar-refractivity contribution in [3.63, 3.8) is 0 Å². The molecule has 0 atom stereocenters. The fourth-order valence-corrected chi connectivity index (χ4v) is 4.39. The fourth-order valence-electron chi connectivity index (χ4n) is 3.53. The summed E-state index contributed by atoms with van der Waals surface area (Å²) in [6.45, 7) is 1.20. The summed E-state index contributed by atoms with van der Waals surface area (Å²) in [6.07, 6.45) is 4.25. The number of carbonyl (C=O) groups is 2. The summed E-state index contributed by atoms with van der Waals surface area (Å²) in [5.74, 6) is -0.541. The Balaban J connectivity index is 1.66. The third-order valence-corrected chi connectivity index (χ3v) is 5.92. The quantitative estimate of drug-likeness (QED) is 0.400. The van der Waals surface area contributed by atoms with Crippen molar-refractivity contribution in [1.82, 2.24) is 9.47 Å². The number of hydrogen-bond acceptors (Lipinski definition) is 4. The summed E-state index contributed by atoms with van der Waals surface area (Å²) < 4.78 is 21.1. The van der Waals surface area contributed by atoms with Gasteiger partial charge in [0, 0.05) is 48.5 Å². The highest BCUT2D eigenvalue weighted by molar-refractivity contribution is 8.18. The van der Waals surface area contributed by atoms with Crippen molar-refractivity contribution in [2.45, 2.75) is 13.0 Å². The molecule has 0 saturated carbocycles. The molecule has 7 heteroatoms. The number of hydrogen-bond donors (Lipinski definition) is 0. The van der Waals surface area contributed by atoms with Crippen molar-refractivity contribution in [2.24, 2.45) is 0 Å². The Morgan fingerprint density at radius 1 is 1.10 bits per heavy atom. The van der Waals surface area contributed by atoms with Gasteiger partial charge in [-0.2, -0.15) is 0 Å². The molecule has 0 spiro atoms. The van der Waals surface area contributed by atoms with Gasteiger partial charge in [-0.3, -0.25) is 14.5 Å². The van der Waals surface area contributed by atoms with Crippen LogP contribution in [0.4, 0.5) is 9.18 Å². The van der Waals surface area contributed by atoms with E-state index in [0.29, 0.717) is 36.6 Å². The lowest BCUT2D eigenvalue weighted by molar-refractivity contribution is -0.122. The molecule has 1 aliphatic rings. The topological polar surface area (TPSA) is 51.5 Å². The van der Waals surface area contributed by atoms with Crippen LogP contribution in [0.2, 0.25) is 0 Å². The van der Waals surface area contributed by atoms with E-state index in [2.05, 4.69) is 0 Å². The number of para-hydroxylation sites is 1. The molecular formula is C23H21FN2O3S. The molecule has 1 saturated heterocycles. The van der Waals surface area contributed by atoms with Crippen LogP contribution in [-0.4, -0.2) is 40.9 Å². The number of aromatic nitrogens is 1. The standard InChI is InChI=1S/C23H21FN2O3S/c1-29-12-6-11-26-22(27)21(30-23(26)28)13-17-15-25(20-10-5-3-8-18(17)20)14-16-7-2-4-9-19(16)24/h2-5,7-10,13,15H,6,11-12,14H2,1H3/b21-13+. The van der Waals surface area contributed by atoms with E-state index < -0.39 is 0 Å². The molecule has 30 heavy (non-hydrogen) atoms. The Bertz CT molecular complexity index is 1140. The fraction of sp³-hybridized carbons (Fsp3) is 0.217. The van der Waals surface area contributed by atoms with Crippen molar-refractivity contribution in [1.29, 1.82) is 0 Å². The highest BCUT2D eigenvalue weighted by Gasteiger charge is 2.34. The zero-order chi connectivity index (χ0) is 21.1. The van der Waals surface area contributed by atoms with Gasteiger partial charge in [-0.05, 0) is 36.4 Å². The van der Waals surface area contributed by atoms with E-state index in [4.69, 9.17) is 4.74 Å². The number of fused-ring (bicyclic) bond motifs is 1. The van der Waals surface area contributed by atoms with Crippen LogP contribution in [0, 0.1) is 5.82 Å². The second-order valence-electron chi connectivity index (χ2n) is 7.00. The van der Waals surface area contributed by atoms with Gasteiger partial charge in [-0.15, -0.1) is 0 Å². The summed E-state index contributed by atoms with van der Waals surface area (Å²) in [7, 11) is 1.59. The number of amides is 2. The number of halogens is 1. The second-order valence-corrected chi connectivity index (χ2v) is 7.99. The number of benzene rings is 2. The van der Waals surface area contributed by atoms with Gasteiger partial charge in [0.25, 0.3) is 11.1 Å². The maximum absolute atomic E-state index is 14.1. The monoisotopic (exact) mass is 424 g/mol. The van der Waals surface area contributed by atoms with Crippen LogP contribution in [0.3, 0.4) is 0 Å². The normalized spacial score (nSPS) is 15.7. The van der Waals surface area contributed by atoms with Crippen molar-refractivity contribution in [2.75, 3.05) is 20.3 Å². The summed E-state index contributed by atoms with van der Waals surface area (Å²) in [4.78, 5) is 26.6. The molecule has 0 aliphatic carbocycles. The maximum Gasteiger partial charge on any atom is 0.293 e. The SMILES string of the molecule is COCCCN1C(=O)S/C(=C/c2cn(Cc3ccccc3F)c3ccccc23)C1=O. The van der Waals surface area contributed by atoms with E-state index in [-0.39, 0.29) is 17.0 Å². The predicted molar refractivity (Wildman–Crippen MR) is 117 cm³/mol. The molecule has 0 radical (unpaired) electrons. The number of imide groups is 1. The van der Waals surface area contributed by atoms with Crippen molar-refractivity contribution in [3.05, 3.63) is 76.6 Å². The van der Waals surface area contributed by atoms with Gasteiger partial charge in [0.05, 0.1) is 11.4 Å². The van der Waals surface area contributed by atoms with Crippen LogP contribution in [0.1, 0.15) is 17.5 Å². The number of ether oxygens (including phenoxy) is 1. The highest BCUT2D eigenvalue weighted by Crippen LogP contribution is 2.34. The van der Waals surface area contributed by atoms with Gasteiger partial charge in [0.15, 0.2) is 0 Å². The average molecular weight is 424 g/mol. The van der Waals surface area contributed by atoms with E-state index in [0.717, 1.165) is 28.2 Å². The Labute approximate surface area is 178 Å². The zero-order valence-electron chi connectivity index (χ0n) is 16.5. The zero-order valence-corrected chi connectivity index (χ0v) is 17.3. The molecule has 2 amide bonds. The molecule has 0 N–H and O–H groups in total. The lowest BCUT2D eigenvalue weighted by Gasteiger charge is -2.11. The molecule has 3 aromatic rings. The third kappa shape index (κ3) is 4.04. The van der Waals surface area contributed by atoms with Crippen LogP contribution in [0.25, 0.3) is 17.0 Å². The van der Waals surface area contributed by atoms with Gasteiger partial charge >= 0.3 is 0 Å². The lowest BCUT2D eigenvalue weighted by atomic mass is 10.1. The van der Waals surface area contributed by atoms with Gasteiger partial charge in [0.2, 0.25) is 0 Å². The van der Waals surface area contributed by atoms with Gasteiger partial charge in [-0.25, -0.2) is 4.39 Å². The predicted octanol–water partition coefficient (Wildman–Crippen LogP) is 4.90. The van der Waals surface area contributed by atoms with Crippen LogP contribution >= 0.6 is 11.8 Å². The molecule has 2 aromatic carbocycles. The molecule has 1 aromatic heterocycles. The molecule has 4 rings (SSSR count). The van der Waals surface area contributed by atoms with Crippen LogP contribution in [-0.2, 0) is 16.1 Å². The first-order valence-corrected chi connectivity index (χ1v) is 10.5. The number of methoxy groups -OCH3 is 1. The minimum absolute atomic E-state index is 0.256. The summed E-state index contributed by atoms with van der Waals surface area (Å²) >= 11 is 0.947. The first-order chi connectivity index (χ1) is 14.6. The third-order valence-electron chi connectivity index (χ3n) is 5.01. The maximum atomic E-state index is 14.1. The molecule has 154 valence electrons. The molecule has 2 heterocycles. The summed E-state index contributed by atoms with van der Waals surface area (Å²) in [6, 6.07) is 14.4. The first-order valence-electron chi connectivity index (χ1n) is 9.64. The largest absolute Gasteiger partial charge is 0.385 e. The minimum atomic E-state index is -0.285. The Kier molecular flexibility index (Phi) is 6.01. The van der Waals surface area contributed by atoms with E-state index in [1.165, 1.54) is 11.0 Å². The van der Waals surface area contributed by atoms with Gasteiger partial charge < -0.3 is 9.30 Å². The molecule has 1 aliphatic heterocycles. The van der Waals surface area contributed by atoms with Crippen molar-refractivity contribution >= 4 is 39.9 Å². The summed E-state index contributed by atoms with van der Waals surface area (Å²) in [5, 5.41) is 0.678. The van der Waals surface area contributed by atoms with Crippen LogP contribution in [0.5, 0.6) is 0 Å². The highest BCUT2D eigenvalue weighted by atomic mass is 32.2. The Morgan fingerprint density at radius 3 is 2.67 bits per heavy atom. The van der Waals surface area contributed by atoms with E-state index in [9.17, 15) is 14.0 Å². The molecule has 5 nitrogen and oxygen atoms in total. The van der Waals surface area contributed by atoms with Crippen molar-refractivity contribution in [3.8, 4) is 0 Å². The van der Waals surface area contributed by atoms with E-state index in [1.54, 1.807) is 25.3 Å². The number of thioether (sulfide) groups is 1. The van der Waals surface area contributed by atoms with E-state index >= 15 is 0 Å². The molecule has 1 fully saturated rings. The molecule has 0 unspecified atom stereocenters. The van der Waals surface area contributed by atoms with Gasteiger partial charge in [-0.1, -0.05) is 36.4 Å². The van der Waals surface area contributed by atoms with Gasteiger partial charge in [0.1, 0.15) is 5.82 Å². The van der Waals surface area contributed by atoms with E-state index in [1.807, 2.05) is 41.1 Å². The number of carbonyl (C=O) groups excluding carboxylic acids is 2. The Morgan fingerprint density at radius 2 is 1.87 bits per heavy atom. The lowest BCUT2D eigenvalue weighted by Crippen LogP contribution is -2.29. The number of rotatable bonds is 7. The smallest absolute Gasteiger partial charge is 0.293 e. The minimum Gasteiger partial charge on any atom is -0.385 e. The molecular weight excluding hydrogens is 403 g/mol. The number of nitrogens with zero attached hydrogens (tertiary/aromatic N) is 2. The first kappa shape index (κ1) is 20.4. The van der Waals surface area contributed by atoms with Crippen LogP contribution in [0.15, 0.2) is 59.6 Å².